The van der Waals surface area contributed by atoms with Crippen molar-refractivity contribution in [1.29, 1.82) is 0 Å². The van der Waals surface area contributed by atoms with Gasteiger partial charge in [0.1, 0.15) is 0 Å². The van der Waals surface area contributed by atoms with Crippen LogP contribution in [0.1, 0.15) is 34.1 Å². The van der Waals surface area contributed by atoms with E-state index in [4.69, 9.17) is 4.74 Å². The fraction of sp³-hybridized carbons (Fsp3) is 0.583. The number of ether oxygens (including phenoxy) is 1. The summed E-state index contributed by atoms with van der Waals surface area (Å²) in [5.74, 6) is 0.688. The molecule has 0 saturated carbocycles. The molecule has 0 aliphatic heterocycles. The standard InChI is InChI=1S/C12H20N2O/c1-5-10(4)14-11-7-6-8-13-12(11)15-9(2)3/h6-10,14H,5H2,1-4H3. The summed E-state index contributed by atoms with van der Waals surface area (Å²) < 4.78 is 5.62. The Morgan fingerprint density at radius 3 is 2.73 bits per heavy atom. The molecule has 1 atom stereocenters. The lowest BCUT2D eigenvalue weighted by Gasteiger charge is -2.17. The molecule has 0 radical (unpaired) electrons. The number of nitrogens with zero attached hydrogens (tertiary/aromatic N) is 1. The van der Waals surface area contributed by atoms with Crippen LogP contribution >= 0.6 is 0 Å². The number of rotatable bonds is 5. The van der Waals surface area contributed by atoms with E-state index in [2.05, 4.69) is 24.1 Å². The smallest absolute Gasteiger partial charge is 0.237 e. The van der Waals surface area contributed by atoms with Crippen molar-refractivity contribution in [3.63, 3.8) is 0 Å². The lowest BCUT2D eigenvalue weighted by atomic mass is 10.2. The maximum Gasteiger partial charge on any atom is 0.237 e. The summed E-state index contributed by atoms with van der Waals surface area (Å²) in [5, 5.41) is 3.38. The molecule has 3 heteroatoms. The molecule has 0 aromatic carbocycles. The maximum absolute atomic E-state index is 5.62. The molecule has 84 valence electrons. The molecule has 15 heavy (non-hydrogen) atoms. The molecule has 1 aromatic heterocycles. The molecule has 0 fully saturated rings. The third-order valence-corrected chi connectivity index (χ3v) is 2.13. The van der Waals surface area contributed by atoms with Crippen LogP contribution in [-0.2, 0) is 0 Å². The van der Waals surface area contributed by atoms with Crippen LogP contribution in [0, 0.1) is 0 Å². The second-order valence-corrected chi connectivity index (χ2v) is 3.98. The van der Waals surface area contributed by atoms with Crippen molar-refractivity contribution in [1.82, 2.24) is 4.98 Å². The molecule has 0 bridgehead atoms. The van der Waals surface area contributed by atoms with E-state index in [-0.39, 0.29) is 6.10 Å². The number of pyridine rings is 1. The van der Waals surface area contributed by atoms with E-state index in [1.807, 2.05) is 26.0 Å². The van der Waals surface area contributed by atoms with Crippen molar-refractivity contribution >= 4 is 5.69 Å². The molecular formula is C12H20N2O. The quantitative estimate of drug-likeness (QED) is 0.807. The highest BCUT2D eigenvalue weighted by atomic mass is 16.5. The van der Waals surface area contributed by atoms with E-state index in [0.717, 1.165) is 12.1 Å². The SMILES string of the molecule is CCC(C)Nc1cccnc1OC(C)C. The van der Waals surface area contributed by atoms with Gasteiger partial charge in [0, 0.05) is 12.2 Å². The highest BCUT2D eigenvalue weighted by molar-refractivity contribution is 5.52. The normalized spacial score (nSPS) is 12.6. The number of anilines is 1. The zero-order chi connectivity index (χ0) is 11.3. The molecule has 1 heterocycles. The van der Waals surface area contributed by atoms with Crippen molar-refractivity contribution in [2.75, 3.05) is 5.32 Å². The Bertz CT molecular complexity index is 299. The molecule has 1 N–H and O–H groups in total. The van der Waals surface area contributed by atoms with Crippen LogP contribution < -0.4 is 10.1 Å². The lowest BCUT2D eigenvalue weighted by Crippen LogP contribution is -2.16. The van der Waals surface area contributed by atoms with Crippen LogP contribution in [0.15, 0.2) is 18.3 Å². The summed E-state index contributed by atoms with van der Waals surface area (Å²) >= 11 is 0. The molecule has 1 rings (SSSR count). The molecule has 3 nitrogen and oxygen atoms in total. The van der Waals surface area contributed by atoms with Crippen LogP contribution in [0.3, 0.4) is 0 Å². The molecule has 0 aliphatic carbocycles. The van der Waals surface area contributed by atoms with Gasteiger partial charge in [0.2, 0.25) is 5.88 Å². The summed E-state index contributed by atoms with van der Waals surface area (Å²) in [5.41, 5.74) is 0.973. The molecule has 1 aromatic rings. The Kier molecular flexibility index (Phi) is 4.40. The van der Waals surface area contributed by atoms with Gasteiger partial charge < -0.3 is 10.1 Å². The second kappa shape index (κ2) is 5.59. The van der Waals surface area contributed by atoms with Gasteiger partial charge in [-0.3, -0.25) is 0 Å². The average Bonchev–Trinajstić information content (AvgIpc) is 2.20. The Hall–Kier alpha value is -1.25. The van der Waals surface area contributed by atoms with Crippen LogP contribution in [0.25, 0.3) is 0 Å². The third kappa shape index (κ3) is 3.78. The van der Waals surface area contributed by atoms with Crippen LogP contribution in [0.5, 0.6) is 5.88 Å². The maximum atomic E-state index is 5.62. The zero-order valence-corrected chi connectivity index (χ0v) is 9.95. The van der Waals surface area contributed by atoms with Gasteiger partial charge in [-0.25, -0.2) is 4.98 Å². The van der Waals surface area contributed by atoms with Gasteiger partial charge in [0.05, 0.1) is 11.8 Å². The van der Waals surface area contributed by atoms with E-state index >= 15 is 0 Å². The fourth-order valence-electron chi connectivity index (χ4n) is 1.19. The van der Waals surface area contributed by atoms with Gasteiger partial charge in [-0.05, 0) is 39.3 Å². The van der Waals surface area contributed by atoms with Crippen LogP contribution in [0.2, 0.25) is 0 Å². The molecular weight excluding hydrogens is 188 g/mol. The van der Waals surface area contributed by atoms with Gasteiger partial charge in [-0.2, -0.15) is 0 Å². The first kappa shape index (κ1) is 11.8. The van der Waals surface area contributed by atoms with E-state index in [0.29, 0.717) is 11.9 Å². The molecule has 0 aliphatic rings. The van der Waals surface area contributed by atoms with Gasteiger partial charge >= 0.3 is 0 Å². The fourth-order valence-corrected chi connectivity index (χ4v) is 1.19. The van der Waals surface area contributed by atoms with E-state index in [1.54, 1.807) is 6.20 Å². The minimum Gasteiger partial charge on any atom is -0.473 e. The zero-order valence-electron chi connectivity index (χ0n) is 9.95. The summed E-state index contributed by atoms with van der Waals surface area (Å²) in [6, 6.07) is 4.35. The van der Waals surface area contributed by atoms with Crippen molar-refractivity contribution < 1.29 is 4.74 Å². The largest absolute Gasteiger partial charge is 0.473 e. The third-order valence-electron chi connectivity index (χ3n) is 2.13. The van der Waals surface area contributed by atoms with Crippen molar-refractivity contribution in [3.8, 4) is 5.88 Å². The summed E-state index contributed by atoms with van der Waals surface area (Å²) in [6.07, 6.45) is 2.98. The topological polar surface area (TPSA) is 34.2 Å². The van der Waals surface area contributed by atoms with Gasteiger partial charge in [-0.15, -0.1) is 0 Å². The number of aromatic nitrogens is 1. The van der Waals surface area contributed by atoms with Crippen molar-refractivity contribution in [2.24, 2.45) is 0 Å². The highest BCUT2D eigenvalue weighted by Gasteiger charge is 2.07. The summed E-state index contributed by atoms with van der Waals surface area (Å²) in [7, 11) is 0. The van der Waals surface area contributed by atoms with Gasteiger partial charge in [0.25, 0.3) is 0 Å². The Morgan fingerprint density at radius 1 is 1.40 bits per heavy atom. The van der Waals surface area contributed by atoms with Gasteiger partial charge in [0.15, 0.2) is 0 Å². The Labute approximate surface area is 91.9 Å². The Balaban J connectivity index is 2.76. The molecule has 0 saturated heterocycles. The van der Waals surface area contributed by atoms with Crippen molar-refractivity contribution in [2.45, 2.75) is 46.3 Å². The van der Waals surface area contributed by atoms with Crippen LogP contribution in [-0.4, -0.2) is 17.1 Å². The predicted molar refractivity (Wildman–Crippen MR) is 63.4 cm³/mol. The average molecular weight is 208 g/mol. The highest BCUT2D eigenvalue weighted by Crippen LogP contribution is 2.22. The Morgan fingerprint density at radius 2 is 2.13 bits per heavy atom. The summed E-state index contributed by atoms with van der Waals surface area (Å²) in [4.78, 5) is 4.22. The number of nitrogens with one attached hydrogen (secondary N) is 1. The summed E-state index contributed by atoms with van der Waals surface area (Å²) in [6.45, 7) is 8.30. The van der Waals surface area contributed by atoms with E-state index < -0.39 is 0 Å². The predicted octanol–water partition coefficient (Wildman–Crippen LogP) is 3.08. The monoisotopic (exact) mass is 208 g/mol. The molecule has 0 spiro atoms. The lowest BCUT2D eigenvalue weighted by molar-refractivity contribution is 0.234. The molecule has 0 amide bonds. The first-order valence-corrected chi connectivity index (χ1v) is 5.51. The second-order valence-electron chi connectivity index (χ2n) is 3.98. The van der Waals surface area contributed by atoms with Gasteiger partial charge in [-0.1, -0.05) is 6.92 Å². The minimum atomic E-state index is 0.150. The van der Waals surface area contributed by atoms with E-state index in [1.165, 1.54) is 0 Å². The first-order chi connectivity index (χ1) is 7.13. The van der Waals surface area contributed by atoms with Crippen molar-refractivity contribution in [3.05, 3.63) is 18.3 Å². The van der Waals surface area contributed by atoms with Crippen LogP contribution in [0.4, 0.5) is 5.69 Å². The minimum absolute atomic E-state index is 0.150. The number of hydrogen-bond donors (Lipinski definition) is 1. The number of hydrogen-bond acceptors (Lipinski definition) is 3. The molecule has 1 unspecified atom stereocenters. The van der Waals surface area contributed by atoms with E-state index in [9.17, 15) is 0 Å². The first-order valence-electron chi connectivity index (χ1n) is 5.51.